The van der Waals surface area contributed by atoms with Crippen LogP contribution in [0, 0.1) is 12.7 Å². The molecule has 146 valence electrons. The number of benzene rings is 1. The van der Waals surface area contributed by atoms with Crippen molar-refractivity contribution in [1.29, 1.82) is 0 Å². The maximum absolute atomic E-state index is 13.1. The molecule has 0 spiro atoms. The Morgan fingerprint density at radius 3 is 2.61 bits per heavy atom. The van der Waals surface area contributed by atoms with Crippen LogP contribution < -0.4 is 10.1 Å². The Labute approximate surface area is 156 Å². The Kier molecular flexibility index (Phi) is 4.99. The van der Waals surface area contributed by atoms with E-state index < -0.39 is 23.6 Å². The number of aryl methyl sites for hydroxylation is 2. The van der Waals surface area contributed by atoms with Crippen molar-refractivity contribution in [3.8, 4) is 11.8 Å². The second kappa shape index (κ2) is 7.25. The van der Waals surface area contributed by atoms with Gasteiger partial charge in [0, 0.05) is 18.8 Å². The standard InChI is InChI=1S/C17H13F4N5O2/c1-9-5-10(18)3-4-11(9)24-16(27)12-7-22-8-14(23-12)28-15-6-13(17(19,20)21)25-26(15)2/h3-8H,1-2H3,(H,24,27). The minimum Gasteiger partial charge on any atom is -0.419 e. The number of amides is 1. The molecule has 0 atom stereocenters. The number of carbonyl (C=O) groups excluding carboxylic acids is 1. The molecule has 0 aliphatic heterocycles. The van der Waals surface area contributed by atoms with E-state index in [-0.39, 0.29) is 17.5 Å². The molecule has 0 fully saturated rings. The molecule has 0 aliphatic rings. The molecule has 3 aromatic rings. The number of ether oxygens (including phenoxy) is 1. The largest absolute Gasteiger partial charge is 0.435 e. The molecule has 1 N–H and O–H groups in total. The number of carbonyl (C=O) groups is 1. The lowest BCUT2D eigenvalue weighted by Crippen LogP contribution is -2.15. The third-order valence-electron chi connectivity index (χ3n) is 3.62. The third-order valence-corrected chi connectivity index (χ3v) is 3.62. The van der Waals surface area contributed by atoms with Crippen molar-refractivity contribution < 1.29 is 27.1 Å². The molecule has 0 bridgehead atoms. The van der Waals surface area contributed by atoms with E-state index in [0.717, 1.165) is 17.1 Å². The van der Waals surface area contributed by atoms with Crippen molar-refractivity contribution in [2.75, 3.05) is 5.32 Å². The zero-order valence-electron chi connectivity index (χ0n) is 14.6. The molecule has 0 unspecified atom stereocenters. The molecule has 3 rings (SSSR count). The molecular formula is C17H13F4N5O2. The van der Waals surface area contributed by atoms with Crippen LogP contribution in [-0.2, 0) is 13.2 Å². The Balaban J connectivity index is 1.79. The van der Waals surface area contributed by atoms with Crippen LogP contribution in [0.5, 0.6) is 11.8 Å². The summed E-state index contributed by atoms with van der Waals surface area (Å²) in [6.45, 7) is 1.62. The van der Waals surface area contributed by atoms with Gasteiger partial charge < -0.3 is 10.1 Å². The minimum atomic E-state index is -4.63. The molecule has 0 saturated carbocycles. The van der Waals surface area contributed by atoms with E-state index in [1.807, 2.05) is 0 Å². The monoisotopic (exact) mass is 395 g/mol. The zero-order chi connectivity index (χ0) is 20.5. The van der Waals surface area contributed by atoms with Crippen molar-refractivity contribution >= 4 is 11.6 Å². The maximum Gasteiger partial charge on any atom is 0.435 e. The molecule has 28 heavy (non-hydrogen) atoms. The van der Waals surface area contributed by atoms with Crippen LogP contribution in [0.2, 0.25) is 0 Å². The van der Waals surface area contributed by atoms with Gasteiger partial charge in [0.1, 0.15) is 5.82 Å². The van der Waals surface area contributed by atoms with Crippen LogP contribution in [0.3, 0.4) is 0 Å². The highest BCUT2D eigenvalue weighted by Gasteiger charge is 2.35. The van der Waals surface area contributed by atoms with Crippen molar-refractivity contribution in [3.63, 3.8) is 0 Å². The molecule has 2 aromatic heterocycles. The van der Waals surface area contributed by atoms with Gasteiger partial charge in [-0.3, -0.25) is 9.78 Å². The molecule has 2 heterocycles. The molecule has 1 amide bonds. The Morgan fingerprint density at radius 1 is 1.21 bits per heavy atom. The van der Waals surface area contributed by atoms with E-state index in [0.29, 0.717) is 17.3 Å². The summed E-state index contributed by atoms with van der Waals surface area (Å²) >= 11 is 0. The van der Waals surface area contributed by atoms with E-state index in [4.69, 9.17) is 4.74 Å². The number of rotatable bonds is 4. The first kappa shape index (κ1) is 19.3. The molecule has 7 nitrogen and oxygen atoms in total. The highest BCUT2D eigenvalue weighted by atomic mass is 19.4. The van der Waals surface area contributed by atoms with Crippen molar-refractivity contribution in [2.45, 2.75) is 13.1 Å². The highest BCUT2D eigenvalue weighted by Crippen LogP contribution is 2.31. The summed E-state index contributed by atoms with van der Waals surface area (Å²) in [6, 6.07) is 4.54. The fourth-order valence-corrected chi connectivity index (χ4v) is 2.25. The van der Waals surface area contributed by atoms with Gasteiger partial charge in [-0.15, -0.1) is 0 Å². The van der Waals surface area contributed by atoms with Gasteiger partial charge >= 0.3 is 6.18 Å². The van der Waals surface area contributed by atoms with Crippen LogP contribution in [-0.4, -0.2) is 25.7 Å². The first-order chi connectivity index (χ1) is 13.1. The predicted octanol–water partition coefficient (Wildman–Crippen LogP) is 3.72. The quantitative estimate of drug-likeness (QED) is 0.681. The lowest BCUT2D eigenvalue weighted by Gasteiger charge is -2.09. The number of hydrogen-bond donors (Lipinski definition) is 1. The second-order valence-corrected chi connectivity index (χ2v) is 5.75. The predicted molar refractivity (Wildman–Crippen MR) is 89.4 cm³/mol. The van der Waals surface area contributed by atoms with Crippen LogP contribution in [0.1, 0.15) is 21.7 Å². The topological polar surface area (TPSA) is 81.9 Å². The first-order valence-corrected chi connectivity index (χ1v) is 7.82. The first-order valence-electron chi connectivity index (χ1n) is 7.82. The molecular weight excluding hydrogens is 382 g/mol. The van der Waals surface area contributed by atoms with Crippen molar-refractivity contribution in [1.82, 2.24) is 19.7 Å². The van der Waals surface area contributed by atoms with E-state index in [2.05, 4.69) is 20.4 Å². The lowest BCUT2D eigenvalue weighted by atomic mass is 10.2. The van der Waals surface area contributed by atoms with Crippen LogP contribution in [0.25, 0.3) is 0 Å². The fraction of sp³-hybridized carbons (Fsp3) is 0.176. The summed E-state index contributed by atoms with van der Waals surface area (Å²) in [4.78, 5) is 20.1. The number of hydrogen-bond acceptors (Lipinski definition) is 5. The van der Waals surface area contributed by atoms with Gasteiger partial charge in [-0.05, 0) is 30.7 Å². The number of alkyl halides is 3. The van der Waals surface area contributed by atoms with Gasteiger partial charge in [-0.2, -0.15) is 18.3 Å². The average Bonchev–Trinajstić information content (AvgIpc) is 2.98. The van der Waals surface area contributed by atoms with Gasteiger partial charge in [-0.1, -0.05) is 0 Å². The second-order valence-electron chi connectivity index (χ2n) is 5.75. The van der Waals surface area contributed by atoms with E-state index >= 15 is 0 Å². The minimum absolute atomic E-state index is 0.139. The summed E-state index contributed by atoms with van der Waals surface area (Å²) in [5, 5.41) is 5.87. The summed E-state index contributed by atoms with van der Waals surface area (Å²) < 4.78 is 57.5. The zero-order valence-corrected chi connectivity index (χ0v) is 14.6. The molecule has 11 heteroatoms. The van der Waals surface area contributed by atoms with Gasteiger partial charge in [-0.25, -0.2) is 14.1 Å². The van der Waals surface area contributed by atoms with E-state index in [9.17, 15) is 22.4 Å². The fourth-order valence-electron chi connectivity index (χ4n) is 2.25. The summed E-state index contributed by atoms with van der Waals surface area (Å²) in [5.74, 6) is -1.51. The van der Waals surface area contributed by atoms with E-state index in [1.54, 1.807) is 6.92 Å². The summed E-state index contributed by atoms with van der Waals surface area (Å²) in [5.41, 5.74) is -0.387. The number of nitrogens with one attached hydrogen (secondary N) is 1. The third kappa shape index (κ3) is 4.24. The van der Waals surface area contributed by atoms with Gasteiger partial charge in [0.15, 0.2) is 11.4 Å². The van der Waals surface area contributed by atoms with Gasteiger partial charge in [0.05, 0.1) is 12.4 Å². The molecule has 0 aliphatic carbocycles. The summed E-state index contributed by atoms with van der Waals surface area (Å²) in [6.07, 6.45) is -2.33. The smallest absolute Gasteiger partial charge is 0.419 e. The van der Waals surface area contributed by atoms with Crippen LogP contribution >= 0.6 is 0 Å². The Morgan fingerprint density at radius 2 is 1.96 bits per heavy atom. The Bertz CT molecular complexity index is 1030. The van der Waals surface area contributed by atoms with E-state index in [1.165, 1.54) is 25.2 Å². The molecule has 0 radical (unpaired) electrons. The van der Waals surface area contributed by atoms with Crippen molar-refractivity contribution in [2.24, 2.45) is 7.05 Å². The number of anilines is 1. The number of halogens is 4. The number of aromatic nitrogens is 4. The van der Waals surface area contributed by atoms with Crippen molar-refractivity contribution in [3.05, 3.63) is 59.4 Å². The average molecular weight is 395 g/mol. The maximum atomic E-state index is 13.1. The highest BCUT2D eigenvalue weighted by molar-refractivity contribution is 6.03. The normalized spacial score (nSPS) is 11.4. The van der Waals surface area contributed by atoms with Crippen LogP contribution in [0.4, 0.5) is 23.2 Å². The van der Waals surface area contributed by atoms with Gasteiger partial charge in [0.25, 0.3) is 5.91 Å². The number of nitrogens with zero attached hydrogens (tertiary/aromatic N) is 4. The summed E-state index contributed by atoms with van der Waals surface area (Å²) in [7, 11) is 1.27. The molecule has 1 aromatic carbocycles. The van der Waals surface area contributed by atoms with Gasteiger partial charge in [0.2, 0.25) is 11.8 Å². The lowest BCUT2D eigenvalue weighted by molar-refractivity contribution is -0.141. The molecule has 0 saturated heterocycles. The SMILES string of the molecule is Cc1cc(F)ccc1NC(=O)c1cncc(Oc2cc(C(F)(F)F)nn2C)n1. The Hall–Kier alpha value is -3.50. The van der Waals surface area contributed by atoms with Crippen LogP contribution in [0.15, 0.2) is 36.7 Å².